The number of thioether (sulfide) groups is 1. The molecule has 0 saturated carbocycles. The monoisotopic (exact) mass is 439 g/mol. The van der Waals surface area contributed by atoms with E-state index in [4.69, 9.17) is 9.15 Å². The van der Waals surface area contributed by atoms with Crippen molar-refractivity contribution in [2.45, 2.75) is 17.5 Å². The molecule has 160 valence electrons. The second-order valence-electron chi connectivity index (χ2n) is 6.87. The summed E-state index contributed by atoms with van der Waals surface area (Å²) in [7, 11) is 4.72. The quantitative estimate of drug-likeness (QED) is 0.408. The third-order valence-electron chi connectivity index (χ3n) is 4.91. The molecule has 0 aliphatic heterocycles. The van der Waals surface area contributed by atoms with Crippen molar-refractivity contribution in [3.8, 4) is 17.1 Å². The molecule has 4 aromatic rings. The Morgan fingerprint density at radius 1 is 1.06 bits per heavy atom. The fourth-order valence-electron chi connectivity index (χ4n) is 3.13. The summed E-state index contributed by atoms with van der Waals surface area (Å²) in [6.45, 7) is 0.435. The Labute approximate surface area is 181 Å². The lowest BCUT2D eigenvalue weighted by Crippen LogP contribution is -2.37. The first-order valence-electron chi connectivity index (χ1n) is 9.46. The van der Waals surface area contributed by atoms with Crippen LogP contribution in [0.3, 0.4) is 0 Å². The van der Waals surface area contributed by atoms with Crippen LogP contribution in [0.15, 0.2) is 67.9 Å². The third-order valence-corrected chi connectivity index (χ3v) is 5.91. The number of furan rings is 1. The van der Waals surface area contributed by atoms with Crippen molar-refractivity contribution in [3.63, 3.8) is 0 Å². The molecule has 0 aliphatic rings. The lowest BCUT2D eigenvalue weighted by Gasteiger charge is -2.11. The highest BCUT2D eigenvalue weighted by molar-refractivity contribution is 7.98. The standard InChI is InChI=1S/C21H21N5O4S/c1-24-15(11-18(27)25(2)21(24)28)13-31-20-23-22-19(14-6-4-7-16(10-14)29-3)26(20)12-17-8-5-9-30-17/h4-11H,12-13H2,1-3H3. The second kappa shape index (κ2) is 8.68. The Morgan fingerprint density at radius 3 is 2.65 bits per heavy atom. The van der Waals surface area contributed by atoms with Gasteiger partial charge < -0.3 is 9.15 Å². The van der Waals surface area contributed by atoms with Crippen LogP contribution in [0.25, 0.3) is 11.4 Å². The summed E-state index contributed by atoms with van der Waals surface area (Å²) < 4.78 is 15.3. The van der Waals surface area contributed by atoms with Crippen molar-refractivity contribution >= 4 is 11.8 Å². The maximum atomic E-state index is 12.2. The molecule has 31 heavy (non-hydrogen) atoms. The molecule has 1 aromatic carbocycles. The normalized spacial score (nSPS) is 11.1. The van der Waals surface area contributed by atoms with Gasteiger partial charge >= 0.3 is 5.69 Å². The molecule has 0 aliphatic carbocycles. The lowest BCUT2D eigenvalue weighted by atomic mass is 10.2. The van der Waals surface area contributed by atoms with E-state index in [1.807, 2.05) is 41.0 Å². The van der Waals surface area contributed by atoms with Gasteiger partial charge in [0.15, 0.2) is 11.0 Å². The molecular weight excluding hydrogens is 418 g/mol. The van der Waals surface area contributed by atoms with Gasteiger partial charge in [0.1, 0.15) is 11.5 Å². The Hall–Kier alpha value is -3.53. The number of rotatable bonds is 7. The highest BCUT2D eigenvalue weighted by Crippen LogP contribution is 2.28. The van der Waals surface area contributed by atoms with Crippen LogP contribution in [0.1, 0.15) is 11.5 Å². The van der Waals surface area contributed by atoms with Crippen molar-refractivity contribution in [1.82, 2.24) is 23.9 Å². The fourth-order valence-corrected chi connectivity index (χ4v) is 4.09. The SMILES string of the molecule is COc1cccc(-c2nnc(SCc3cc(=O)n(C)c(=O)n3C)n2Cc2ccco2)c1. The number of hydrogen-bond donors (Lipinski definition) is 0. The van der Waals surface area contributed by atoms with Gasteiger partial charge in [-0.2, -0.15) is 0 Å². The van der Waals surface area contributed by atoms with Crippen LogP contribution < -0.4 is 16.0 Å². The van der Waals surface area contributed by atoms with Gasteiger partial charge in [-0.05, 0) is 24.3 Å². The molecule has 0 unspecified atom stereocenters. The van der Waals surface area contributed by atoms with E-state index in [2.05, 4.69) is 10.2 Å². The second-order valence-corrected chi connectivity index (χ2v) is 7.81. The molecule has 0 saturated heterocycles. The highest BCUT2D eigenvalue weighted by Gasteiger charge is 2.17. The van der Waals surface area contributed by atoms with E-state index in [0.29, 0.717) is 29.0 Å². The molecule has 0 amide bonds. The van der Waals surface area contributed by atoms with E-state index in [0.717, 1.165) is 21.6 Å². The molecule has 0 radical (unpaired) electrons. The Morgan fingerprint density at radius 2 is 1.90 bits per heavy atom. The average molecular weight is 439 g/mol. The van der Waals surface area contributed by atoms with Crippen LogP contribution >= 0.6 is 11.8 Å². The minimum absolute atomic E-state index is 0.340. The van der Waals surface area contributed by atoms with E-state index in [1.54, 1.807) is 20.4 Å². The minimum atomic E-state index is -0.364. The van der Waals surface area contributed by atoms with Gasteiger partial charge in [-0.1, -0.05) is 23.9 Å². The van der Waals surface area contributed by atoms with Crippen LogP contribution in [-0.2, 0) is 26.4 Å². The Balaban J connectivity index is 1.70. The molecule has 0 N–H and O–H groups in total. The van der Waals surface area contributed by atoms with E-state index in [-0.39, 0.29) is 11.2 Å². The third kappa shape index (κ3) is 4.19. The predicted molar refractivity (Wildman–Crippen MR) is 116 cm³/mol. The topological polar surface area (TPSA) is 97.1 Å². The number of ether oxygens (including phenoxy) is 1. The summed E-state index contributed by atoms with van der Waals surface area (Å²) in [5, 5.41) is 9.39. The summed E-state index contributed by atoms with van der Waals surface area (Å²) in [5.74, 6) is 2.52. The molecule has 0 spiro atoms. The molecule has 10 heteroatoms. The molecule has 3 heterocycles. The summed E-state index contributed by atoms with van der Waals surface area (Å²) in [6.07, 6.45) is 1.62. The predicted octanol–water partition coefficient (Wildman–Crippen LogP) is 2.28. The minimum Gasteiger partial charge on any atom is -0.497 e. The molecule has 0 bridgehead atoms. The molecular formula is C21H21N5O4S. The first-order chi connectivity index (χ1) is 15.0. The van der Waals surface area contributed by atoms with Crippen LogP contribution in [0.5, 0.6) is 5.75 Å². The summed E-state index contributed by atoms with van der Waals surface area (Å²) >= 11 is 1.39. The lowest BCUT2D eigenvalue weighted by molar-refractivity contribution is 0.415. The first kappa shape index (κ1) is 20.7. The zero-order chi connectivity index (χ0) is 22.0. The smallest absolute Gasteiger partial charge is 0.330 e. The maximum Gasteiger partial charge on any atom is 0.330 e. The van der Waals surface area contributed by atoms with Crippen LogP contribution in [0.4, 0.5) is 0 Å². The summed E-state index contributed by atoms with van der Waals surface area (Å²) in [6, 6.07) is 12.8. The number of nitrogens with zero attached hydrogens (tertiary/aromatic N) is 5. The Kier molecular flexibility index (Phi) is 5.81. The molecule has 0 atom stereocenters. The van der Waals surface area contributed by atoms with Gasteiger partial charge in [0.2, 0.25) is 0 Å². The largest absolute Gasteiger partial charge is 0.497 e. The number of methoxy groups -OCH3 is 1. The Bertz CT molecular complexity index is 1320. The summed E-state index contributed by atoms with van der Waals surface area (Å²) in [4.78, 5) is 24.2. The molecule has 3 aromatic heterocycles. The molecule has 0 fully saturated rings. The van der Waals surface area contributed by atoms with Gasteiger partial charge in [-0.15, -0.1) is 10.2 Å². The van der Waals surface area contributed by atoms with Gasteiger partial charge in [-0.25, -0.2) is 4.79 Å². The number of aromatic nitrogens is 5. The zero-order valence-corrected chi connectivity index (χ0v) is 18.1. The van der Waals surface area contributed by atoms with Crippen LogP contribution in [0.2, 0.25) is 0 Å². The fraction of sp³-hybridized carbons (Fsp3) is 0.238. The number of benzene rings is 1. The van der Waals surface area contributed by atoms with E-state index < -0.39 is 0 Å². The van der Waals surface area contributed by atoms with Gasteiger partial charge in [0.25, 0.3) is 5.56 Å². The van der Waals surface area contributed by atoms with E-state index in [9.17, 15) is 9.59 Å². The molecule has 4 rings (SSSR count). The molecule has 9 nitrogen and oxygen atoms in total. The van der Waals surface area contributed by atoms with Gasteiger partial charge in [0.05, 0.1) is 19.9 Å². The van der Waals surface area contributed by atoms with Gasteiger partial charge in [0, 0.05) is 37.2 Å². The van der Waals surface area contributed by atoms with Crippen molar-refractivity contribution in [2.24, 2.45) is 14.1 Å². The van der Waals surface area contributed by atoms with Crippen LogP contribution in [-0.4, -0.2) is 31.0 Å². The maximum absolute atomic E-state index is 12.2. The van der Waals surface area contributed by atoms with Crippen LogP contribution in [0, 0.1) is 0 Å². The zero-order valence-electron chi connectivity index (χ0n) is 17.3. The number of hydrogen-bond acceptors (Lipinski definition) is 7. The van der Waals surface area contributed by atoms with Crippen molar-refractivity contribution < 1.29 is 9.15 Å². The van der Waals surface area contributed by atoms with Crippen molar-refractivity contribution in [3.05, 3.63) is 81.0 Å². The van der Waals surface area contributed by atoms with Crippen molar-refractivity contribution in [1.29, 1.82) is 0 Å². The van der Waals surface area contributed by atoms with E-state index in [1.165, 1.54) is 29.4 Å². The van der Waals surface area contributed by atoms with E-state index >= 15 is 0 Å². The van der Waals surface area contributed by atoms with Gasteiger partial charge in [-0.3, -0.25) is 18.5 Å². The highest BCUT2D eigenvalue weighted by atomic mass is 32.2. The van der Waals surface area contributed by atoms with Crippen molar-refractivity contribution in [2.75, 3.05) is 7.11 Å². The summed E-state index contributed by atoms with van der Waals surface area (Å²) in [5.41, 5.74) is 0.754. The average Bonchev–Trinajstić information content (AvgIpc) is 3.44. The first-order valence-corrected chi connectivity index (χ1v) is 10.4.